The molecule has 1 saturated heterocycles. The average Bonchev–Trinajstić information content (AvgIpc) is 2.24. The van der Waals surface area contributed by atoms with E-state index in [1.165, 1.54) is 6.08 Å². The van der Waals surface area contributed by atoms with Gasteiger partial charge in [-0.1, -0.05) is 12.7 Å². The first-order valence-corrected chi connectivity index (χ1v) is 4.59. The minimum absolute atomic E-state index is 0.0225. The van der Waals surface area contributed by atoms with Gasteiger partial charge in [-0.05, 0) is 0 Å². The molecule has 1 fully saturated rings. The summed E-state index contributed by atoms with van der Waals surface area (Å²) in [5.74, 6) is -1.70. The molecule has 2 N–H and O–H groups in total. The average molecular weight is 228 g/mol. The Kier molecular flexibility index (Phi) is 3.87. The van der Waals surface area contributed by atoms with Crippen LogP contribution in [0.2, 0.25) is 0 Å². The lowest BCUT2D eigenvalue weighted by Gasteiger charge is -2.29. The van der Waals surface area contributed by atoms with E-state index in [1.54, 1.807) is 0 Å². The van der Waals surface area contributed by atoms with Crippen molar-refractivity contribution in [3.63, 3.8) is 0 Å². The molecule has 1 aliphatic heterocycles. The van der Waals surface area contributed by atoms with Crippen LogP contribution in [-0.4, -0.2) is 53.7 Å². The third-order valence-electron chi connectivity index (χ3n) is 1.95. The lowest BCUT2D eigenvalue weighted by Crippen LogP contribution is -2.58. The van der Waals surface area contributed by atoms with Crippen LogP contribution in [0.5, 0.6) is 0 Å². The smallest absolute Gasteiger partial charge is 0.410 e. The fourth-order valence-electron chi connectivity index (χ4n) is 1.24. The summed E-state index contributed by atoms with van der Waals surface area (Å²) in [4.78, 5) is 34.2. The number of carbonyl (C=O) groups excluding carboxylic acids is 2. The molecule has 0 aromatic heterocycles. The van der Waals surface area contributed by atoms with E-state index >= 15 is 0 Å². The largest absolute Gasteiger partial charge is 0.480 e. The van der Waals surface area contributed by atoms with Crippen LogP contribution < -0.4 is 5.32 Å². The van der Waals surface area contributed by atoms with Crippen LogP contribution in [-0.2, 0) is 14.3 Å². The van der Waals surface area contributed by atoms with Gasteiger partial charge in [0.2, 0.25) is 5.91 Å². The van der Waals surface area contributed by atoms with Gasteiger partial charge in [0.15, 0.2) is 0 Å². The van der Waals surface area contributed by atoms with Gasteiger partial charge >= 0.3 is 12.1 Å². The standard InChI is InChI=1S/C9H12N2O5/c1-2-3-16-9(15)11-4-6(8(13)14)10-7(12)5-11/h2,6H,1,3-5H2,(H,10,12)(H,13,14)/t6-/m1/s1. The molecule has 0 aromatic carbocycles. The molecule has 0 spiro atoms. The summed E-state index contributed by atoms with van der Waals surface area (Å²) in [7, 11) is 0. The second-order valence-corrected chi connectivity index (χ2v) is 3.20. The molecule has 0 aromatic rings. The lowest BCUT2D eigenvalue weighted by molar-refractivity contribution is -0.144. The zero-order valence-electron chi connectivity index (χ0n) is 8.51. The van der Waals surface area contributed by atoms with Gasteiger partial charge in [0.25, 0.3) is 0 Å². The number of piperazine rings is 1. The number of rotatable bonds is 3. The maximum absolute atomic E-state index is 11.4. The van der Waals surface area contributed by atoms with Crippen molar-refractivity contribution < 1.29 is 24.2 Å². The fourth-order valence-corrected chi connectivity index (χ4v) is 1.24. The van der Waals surface area contributed by atoms with E-state index < -0.39 is 24.0 Å². The Balaban J connectivity index is 2.59. The highest BCUT2D eigenvalue weighted by Gasteiger charge is 2.32. The predicted molar refractivity (Wildman–Crippen MR) is 52.7 cm³/mol. The molecule has 0 unspecified atom stereocenters. The summed E-state index contributed by atoms with van der Waals surface area (Å²) in [6.07, 6.45) is 0.664. The molecule has 0 saturated carbocycles. The molecule has 1 aliphatic rings. The summed E-state index contributed by atoms with van der Waals surface area (Å²) in [5, 5.41) is 11.0. The number of hydrogen-bond acceptors (Lipinski definition) is 4. The monoisotopic (exact) mass is 228 g/mol. The molecule has 0 radical (unpaired) electrons. The number of nitrogens with one attached hydrogen (secondary N) is 1. The van der Waals surface area contributed by atoms with E-state index in [0.717, 1.165) is 4.90 Å². The van der Waals surface area contributed by atoms with Crippen molar-refractivity contribution in [3.8, 4) is 0 Å². The van der Waals surface area contributed by atoms with Crippen LogP contribution in [0.15, 0.2) is 12.7 Å². The highest BCUT2D eigenvalue weighted by Crippen LogP contribution is 2.03. The molecule has 1 heterocycles. The van der Waals surface area contributed by atoms with Gasteiger partial charge in [-0.3, -0.25) is 9.69 Å². The predicted octanol–water partition coefficient (Wildman–Crippen LogP) is -0.806. The molecular formula is C9H12N2O5. The maximum atomic E-state index is 11.4. The molecule has 88 valence electrons. The molecule has 0 aliphatic carbocycles. The summed E-state index contributed by atoms with van der Waals surface area (Å²) < 4.78 is 4.70. The Hall–Kier alpha value is -2.05. The molecule has 1 rings (SSSR count). The Morgan fingerprint density at radius 2 is 2.38 bits per heavy atom. The molecular weight excluding hydrogens is 216 g/mol. The number of carboxylic acids is 1. The number of nitrogens with zero attached hydrogens (tertiary/aromatic N) is 1. The molecule has 2 amide bonds. The van der Waals surface area contributed by atoms with E-state index in [-0.39, 0.29) is 19.7 Å². The minimum atomic E-state index is -1.19. The van der Waals surface area contributed by atoms with E-state index in [1.807, 2.05) is 0 Å². The first-order chi connectivity index (χ1) is 7.54. The number of hydrogen-bond donors (Lipinski definition) is 2. The molecule has 7 heteroatoms. The number of aliphatic carboxylic acids is 1. The lowest BCUT2D eigenvalue weighted by atomic mass is 10.2. The Bertz CT molecular complexity index is 328. The van der Waals surface area contributed by atoms with Crippen molar-refractivity contribution in [2.45, 2.75) is 6.04 Å². The second kappa shape index (κ2) is 5.15. The maximum Gasteiger partial charge on any atom is 0.410 e. The van der Waals surface area contributed by atoms with Crippen LogP contribution in [0.1, 0.15) is 0 Å². The normalized spacial score (nSPS) is 19.9. The first-order valence-electron chi connectivity index (χ1n) is 4.59. The first kappa shape index (κ1) is 12.0. The SMILES string of the molecule is C=CCOC(=O)N1CC(=O)N[C@@H](C(=O)O)C1. The van der Waals surface area contributed by atoms with Crippen molar-refractivity contribution in [1.29, 1.82) is 0 Å². The summed E-state index contributed by atoms with van der Waals surface area (Å²) in [6, 6.07) is -1.09. The molecule has 0 bridgehead atoms. The van der Waals surface area contributed by atoms with Gasteiger partial charge < -0.3 is 15.2 Å². The number of carboxylic acid groups (broad SMARTS) is 1. The fraction of sp³-hybridized carbons (Fsp3) is 0.444. The van der Waals surface area contributed by atoms with Gasteiger partial charge in [-0.15, -0.1) is 0 Å². The van der Waals surface area contributed by atoms with Crippen LogP contribution in [0.4, 0.5) is 4.79 Å². The quantitative estimate of drug-likeness (QED) is 0.616. The zero-order valence-corrected chi connectivity index (χ0v) is 8.51. The van der Waals surface area contributed by atoms with Gasteiger partial charge in [0.1, 0.15) is 19.2 Å². The van der Waals surface area contributed by atoms with Gasteiger partial charge in [0.05, 0.1) is 6.54 Å². The van der Waals surface area contributed by atoms with Crippen molar-refractivity contribution >= 4 is 18.0 Å². The highest BCUT2D eigenvalue weighted by molar-refractivity contribution is 5.89. The molecule has 7 nitrogen and oxygen atoms in total. The Labute approximate surface area is 91.7 Å². The number of amides is 2. The molecule has 16 heavy (non-hydrogen) atoms. The van der Waals surface area contributed by atoms with Crippen LogP contribution in [0.3, 0.4) is 0 Å². The number of ether oxygens (including phenoxy) is 1. The van der Waals surface area contributed by atoms with E-state index in [2.05, 4.69) is 11.9 Å². The summed E-state index contributed by atoms with van der Waals surface area (Å²) in [6.45, 7) is 3.09. The molecule has 1 atom stereocenters. The van der Waals surface area contributed by atoms with Crippen molar-refractivity contribution in [1.82, 2.24) is 10.2 Å². The van der Waals surface area contributed by atoms with Crippen molar-refractivity contribution in [2.75, 3.05) is 19.7 Å². The highest BCUT2D eigenvalue weighted by atomic mass is 16.6. The van der Waals surface area contributed by atoms with Crippen molar-refractivity contribution in [2.24, 2.45) is 0 Å². The second-order valence-electron chi connectivity index (χ2n) is 3.20. The minimum Gasteiger partial charge on any atom is -0.480 e. The van der Waals surface area contributed by atoms with Gasteiger partial charge in [0, 0.05) is 0 Å². The Morgan fingerprint density at radius 3 is 2.94 bits per heavy atom. The number of carbonyl (C=O) groups is 3. The van der Waals surface area contributed by atoms with Gasteiger partial charge in [-0.2, -0.15) is 0 Å². The van der Waals surface area contributed by atoms with Crippen LogP contribution >= 0.6 is 0 Å². The summed E-state index contributed by atoms with van der Waals surface area (Å²) >= 11 is 0. The van der Waals surface area contributed by atoms with E-state index in [0.29, 0.717) is 0 Å². The van der Waals surface area contributed by atoms with E-state index in [9.17, 15) is 14.4 Å². The third-order valence-corrected chi connectivity index (χ3v) is 1.95. The van der Waals surface area contributed by atoms with E-state index in [4.69, 9.17) is 9.84 Å². The van der Waals surface area contributed by atoms with Gasteiger partial charge in [-0.25, -0.2) is 9.59 Å². The van der Waals surface area contributed by atoms with Crippen LogP contribution in [0, 0.1) is 0 Å². The zero-order chi connectivity index (χ0) is 12.1. The third kappa shape index (κ3) is 2.97. The van der Waals surface area contributed by atoms with Crippen LogP contribution in [0.25, 0.3) is 0 Å². The van der Waals surface area contributed by atoms with Crippen molar-refractivity contribution in [3.05, 3.63) is 12.7 Å². The topological polar surface area (TPSA) is 95.9 Å². The Morgan fingerprint density at radius 1 is 1.69 bits per heavy atom. The summed E-state index contributed by atoms with van der Waals surface area (Å²) in [5.41, 5.74) is 0.